The fourth-order valence-corrected chi connectivity index (χ4v) is 2.09. The molecule has 0 saturated carbocycles. The number of hydrogen-bond donors (Lipinski definition) is 2. The molecular formula is C13H18N2O3. The van der Waals surface area contributed by atoms with Crippen molar-refractivity contribution in [1.29, 1.82) is 0 Å². The molecule has 1 fully saturated rings. The summed E-state index contributed by atoms with van der Waals surface area (Å²) in [5.74, 6) is -0.107. The van der Waals surface area contributed by atoms with E-state index in [2.05, 4.69) is 10.3 Å². The number of carbonyl (C=O) groups is 1. The van der Waals surface area contributed by atoms with E-state index in [0.29, 0.717) is 26.1 Å². The molecule has 2 rings (SSSR count). The third kappa shape index (κ3) is 3.27. The van der Waals surface area contributed by atoms with Gasteiger partial charge in [0, 0.05) is 25.1 Å². The molecule has 5 nitrogen and oxygen atoms in total. The standard InChI is InChI=1S/C13H18N2O3/c16-10-13(4-7-18-8-5-13)15-12(17)9-11-3-1-2-6-14-11/h1-3,6,16H,4-5,7-10H2,(H,15,17). The number of rotatable bonds is 4. The van der Waals surface area contributed by atoms with Gasteiger partial charge in [0.15, 0.2) is 0 Å². The van der Waals surface area contributed by atoms with Crippen molar-refractivity contribution in [3.05, 3.63) is 30.1 Å². The van der Waals surface area contributed by atoms with Crippen LogP contribution in [0.5, 0.6) is 0 Å². The minimum Gasteiger partial charge on any atom is -0.394 e. The summed E-state index contributed by atoms with van der Waals surface area (Å²) >= 11 is 0. The van der Waals surface area contributed by atoms with Gasteiger partial charge in [0.2, 0.25) is 5.91 Å². The summed E-state index contributed by atoms with van der Waals surface area (Å²) in [6.07, 6.45) is 3.21. The maximum absolute atomic E-state index is 11.9. The average Bonchev–Trinajstić information content (AvgIpc) is 2.41. The molecule has 0 aromatic carbocycles. The molecule has 0 spiro atoms. The van der Waals surface area contributed by atoms with E-state index in [4.69, 9.17) is 4.74 Å². The van der Waals surface area contributed by atoms with Crippen molar-refractivity contribution >= 4 is 5.91 Å². The minimum atomic E-state index is -0.524. The lowest BCUT2D eigenvalue weighted by Crippen LogP contribution is -2.55. The molecule has 1 aliphatic heterocycles. The van der Waals surface area contributed by atoms with Gasteiger partial charge in [0.25, 0.3) is 0 Å². The third-order valence-electron chi connectivity index (χ3n) is 3.22. The van der Waals surface area contributed by atoms with Crippen LogP contribution in [0.4, 0.5) is 0 Å². The van der Waals surface area contributed by atoms with Crippen molar-refractivity contribution in [3.63, 3.8) is 0 Å². The first-order valence-electron chi connectivity index (χ1n) is 6.14. The number of amides is 1. The number of carbonyl (C=O) groups excluding carboxylic acids is 1. The van der Waals surface area contributed by atoms with Crippen LogP contribution in [0.15, 0.2) is 24.4 Å². The van der Waals surface area contributed by atoms with Crippen LogP contribution in [0, 0.1) is 0 Å². The molecule has 0 aliphatic carbocycles. The number of hydrogen-bond acceptors (Lipinski definition) is 4. The first-order valence-corrected chi connectivity index (χ1v) is 6.14. The van der Waals surface area contributed by atoms with Gasteiger partial charge in [-0.15, -0.1) is 0 Å². The summed E-state index contributed by atoms with van der Waals surface area (Å²) in [4.78, 5) is 16.1. The molecule has 18 heavy (non-hydrogen) atoms. The summed E-state index contributed by atoms with van der Waals surface area (Å²) in [7, 11) is 0. The molecule has 0 atom stereocenters. The van der Waals surface area contributed by atoms with Gasteiger partial charge in [-0.1, -0.05) is 6.07 Å². The van der Waals surface area contributed by atoms with Crippen LogP contribution in [0.2, 0.25) is 0 Å². The highest BCUT2D eigenvalue weighted by Crippen LogP contribution is 2.20. The molecule has 1 amide bonds. The highest BCUT2D eigenvalue weighted by atomic mass is 16.5. The Morgan fingerprint density at radius 1 is 1.44 bits per heavy atom. The van der Waals surface area contributed by atoms with Gasteiger partial charge in [-0.05, 0) is 25.0 Å². The van der Waals surface area contributed by atoms with Crippen molar-refractivity contribution < 1.29 is 14.6 Å². The third-order valence-corrected chi connectivity index (χ3v) is 3.22. The molecule has 2 N–H and O–H groups in total. The number of ether oxygens (including phenoxy) is 1. The lowest BCUT2D eigenvalue weighted by atomic mass is 9.91. The number of aliphatic hydroxyl groups excluding tert-OH is 1. The van der Waals surface area contributed by atoms with Gasteiger partial charge in [0.05, 0.1) is 18.6 Å². The zero-order chi connectivity index (χ0) is 12.8. The topological polar surface area (TPSA) is 71.5 Å². The summed E-state index contributed by atoms with van der Waals surface area (Å²) in [5, 5.41) is 12.4. The summed E-state index contributed by atoms with van der Waals surface area (Å²) < 4.78 is 5.25. The number of aromatic nitrogens is 1. The van der Waals surface area contributed by atoms with Crippen LogP contribution >= 0.6 is 0 Å². The SMILES string of the molecule is O=C(Cc1ccccn1)NC1(CO)CCOCC1. The molecule has 1 aromatic rings. The Bertz CT molecular complexity index is 388. The van der Waals surface area contributed by atoms with E-state index < -0.39 is 5.54 Å². The van der Waals surface area contributed by atoms with Crippen molar-refractivity contribution in [1.82, 2.24) is 10.3 Å². The summed E-state index contributed by atoms with van der Waals surface area (Å²) in [5.41, 5.74) is 0.208. The Labute approximate surface area is 106 Å². The van der Waals surface area contributed by atoms with Gasteiger partial charge >= 0.3 is 0 Å². The second-order valence-electron chi connectivity index (χ2n) is 4.60. The Kier molecular flexibility index (Phi) is 4.28. The van der Waals surface area contributed by atoms with E-state index in [1.165, 1.54) is 0 Å². The van der Waals surface area contributed by atoms with Gasteiger partial charge in [-0.2, -0.15) is 0 Å². The Balaban J connectivity index is 1.93. The first kappa shape index (κ1) is 13.0. The van der Waals surface area contributed by atoms with Crippen LogP contribution in [0.3, 0.4) is 0 Å². The Hall–Kier alpha value is -1.46. The Morgan fingerprint density at radius 3 is 2.83 bits per heavy atom. The quantitative estimate of drug-likeness (QED) is 0.805. The number of nitrogens with one attached hydrogen (secondary N) is 1. The minimum absolute atomic E-state index is 0.0513. The maximum atomic E-state index is 11.9. The molecule has 1 aliphatic rings. The van der Waals surface area contributed by atoms with Gasteiger partial charge in [0.1, 0.15) is 0 Å². The van der Waals surface area contributed by atoms with Crippen molar-refractivity contribution in [3.8, 4) is 0 Å². The molecule has 0 bridgehead atoms. The van der Waals surface area contributed by atoms with Crippen LogP contribution in [-0.4, -0.2) is 41.4 Å². The molecule has 5 heteroatoms. The van der Waals surface area contributed by atoms with Crippen molar-refractivity contribution in [2.45, 2.75) is 24.8 Å². The van der Waals surface area contributed by atoms with Crippen LogP contribution in [-0.2, 0) is 16.0 Å². The smallest absolute Gasteiger partial charge is 0.226 e. The Morgan fingerprint density at radius 2 is 2.22 bits per heavy atom. The van der Waals surface area contributed by atoms with Crippen molar-refractivity contribution in [2.24, 2.45) is 0 Å². The van der Waals surface area contributed by atoms with E-state index in [1.54, 1.807) is 6.20 Å². The predicted octanol–water partition coefficient (Wildman–Crippen LogP) is 0.282. The molecule has 98 valence electrons. The fraction of sp³-hybridized carbons (Fsp3) is 0.538. The van der Waals surface area contributed by atoms with E-state index in [1.807, 2.05) is 18.2 Å². The number of aliphatic hydroxyl groups is 1. The lowest BCUT2D eigenvalue weighted by Gasteiger charge is -2.36. The highest BCUT2D eigenvalue weighted by Gasteiger charge is 2.33. The highest BCUT2D eigenvalue weighted by molar-refractivity contribution is 5.78. The van der Waals surface area contributed by atoms with E-state index >= 15 is 0 Å². The van der Waals surface area contributed by atoms with E-state index in [0.717, 1.165) is 5.69 Å². The summed E-state index contributed by atoms with van der Waals surface area (Å²) in [6.45, 7) is 1.10. The van der Waals surface area contributed by atoms with E-state index in [-0.39, 0.29) is 18.9 Å². The van der Waals surface area contributed by atoms with E-state index in [9.17, 15) is 9.90 Å². The largest absolute Gasteiger partial charge is 0.394 e. The second kappa shape index (κ2) is 5.93. The zero-order valence-corrected chi connectivity index (χ0v) is 10.3. The molecule has 2 heterocycles. The predicted molar refractivity (Wildman–Crippen MR) is 66.0 cm³/mol. The molecule has 1 saturated heterocycles. The molecule has 0 radical (unpaired) electrons. The molecular weight excluding hydrogens is 232 g/mol. The average molecular weight is 250 g/mol. The van der Waals surface area contributed by atoms with Crippen LogP contribution < -0.4 is 5.32 Å². The maximum Gasteiger partial charge on any atom is 0.226 e. The molecule has 0 unspecified atom stereocenters. The number of pyridine rings is 1. The van der Waals surface area contributed by atoms with Gasteiger partial charge in [-0.3, -0.25) is 9.78 Å². The lowest BCUT2D eigenvalue weighted by molar-refractivity contribution is -0.124. The first-order chi connectivity index (χ1) is 8.74. The zero-order valence-electron chi connectivity index (χ0n) is 10.3. The normalized spacial score (nSPS) is 18.3. The van der Waals surface area contributed by atoms with Gasteiger partial charge < -0.3 is 15.2 Å². The van der Waals surface area contributed by atoms with Crippen molar-refractivity contribution in [2.75, 3.05) is 19.8 Å². The second-order valence-corrected chi connectivity index (χ2v) is 4.60. The van der Waals surface area contributed by atoms with Crippen LogP contribution in [0.25, 0.3) is 0 Å². The molecule has 1 aromatic heterocycles. The van der Waals surface area contributed by atoms with Crippen LogP contribution in [0.1, 0.15) is 18.5 Å². The van der Waals surface area contributed by atoms with Gasteiger partial charge in [-0.25, -0.2) is 0 Å². The number of nitrogens with zero attached hydrogens (tertiary/aromatic N) is 1. The fourth-order valence-electron chi connectivity index (χ4n) is 2.09. The summed E-state index contributed by atoms with van der Waals surface area (Å²) in [6, 6.07) is 5.48. The monoisotopic (exact) mass is 250 g/mol.